The second kappa shape index (κ2) is 4.83. The van der Waals surface area contributed by atoms with Crippen LogP contribution in [0.1, 0.15) is 22.7 Å². The molecule has 2 aromatic rings. The minimum Gasteiger partial charge on any atom is -0.493 e. The molecule has 0 saturated carbocycles. The van der Waals surface area contributed by atoms with Crippen LogP contribution < -0.4 is 10.5 Å². The van der Waals surface area contributed by atoms with Crippen LogP contribution in [0.4, 0.5) is 13.2 Å². The zero-order valence-corrected chi connectivity index (χ0v) is 10.5. The molecule has 20 heavy (non-hydrogen) atoms. The Morgan fingerprint density at radius 2 is 1.80 bits per heavy atom. The first-order chi connectivity index (χ1) is 9.58. The highest BCUT2D eigenvalue weighted by atomic mass is 19.1. The summed E-state index contributed by atoms with van der Waals surface area (Å²) in [5.41, 5.74) is 7.07. The fourth-order valence-corrected chi connectivity index (χ4v) is 2.49. The van der Waals surface area contributed by atoms with E-state index in [1.807, 2.05) is 6.07 Å². The van der Waals surface area contributed by atoms with Crippen LogP contribution in [0.3, 0.4) is 0 Å². The molecule has 0 saturated heterocycles. The Hall–Kier alpha value is -2.01. The highest BCUT2D eigenvalue weighted by Gasteiger charge is 2.25. The van der Waals surface area contributed by atoms with Gasteiger partial charge in [-0.1, -0.05) is 18.2 Å². The van der Waals surface area contributed by atoms with Gasteiger partial charge in [-0.15, -0.1) is 0 Å². The number of benzene rings is 2. The molecule has 1 unspecified atom stereocenters. The first-order valence-corrected chi connectivity index (χ1v) is 6.22. The predicted molar refractivity (Wildman–Crippen MR) is 68.0 cm³/mol. The molecular weight excluding hydrogens is 267 g/mol. The average Bonchev–Trinajstić information content (AvgIpc) is 2.85. The Labute approximate surface area is 114 Å². The Morgan fingerprint density at radius 3 is 2.50 bits per heavy atom. The van der Waals surface area contributed by atoms with E-state index in [1.165, 1.54) is 0 Å². The fraction of sp³-hybridized carbons (Fsp3) is 0.200. The molecule has 0 aromatic heterocycles. The van der Waals surface area contributed by atoms with Gasteiger partial charge in [-0.25, -0.2) is 13.2 Å². The average molecular weight is 279 g/mol. The summed E-state index contributed by atoms with van der Waals surface area (Å²) < 4.78 is 46.0. The van der Waals surface area contributed by atoms with Gasteiger partial charge < -0.3 is 10.5 Å². The minimum absolute atomic E-state index is 0.352. The summed E-state index contributed by atoms with van der Waals surface area (Å²) in [5, 5.41) is 0. The van der Waals surface area contributed by atoms with E-state index in [-0.39, 0.29) is 5.56 Å². The van der Waals surface area contributed by atoms with Crippen molar-refractivity contribution < 1.29 is 17.9 Å². The molecule has 2 aromatic carbocycles. The number of para-hydroxylation sites is 1. The Bertz CT molecular complexity index is 649. The van der Waals surface area contributed by atoms with E-state index in [0.29, 0.717) is 30.1 Å². The molecule has 0 radical (unpaired) electrons. The summed E-state index contributed by atoms with van der Waals surface area (Å²) >= 11 is 0. The van der Waals surface area contributed by atoms with Gasteiger partial charge in [-0.05, 0) is 5.56 Å². The van der Waals surface area contributed by atoms with Crippen LogP contribution in [0.2, 0.25) is 0 Å². The van der Waals surface area contributed by atoms with E-state index in [4.69, 9.17) is 10.5 Å². The van der Waals surface area contributed by atoms with Gasteiger partial charge in [0.2, 0.25) is 0 Å². The number of hydrogen-bond acceptors (Lipinski definition) is 2. The maximum atomic E-state index is 13.8. The fourth-order valence-electron chi connectivity index (χ4n) is 2.49. The van der Waals surface area contributed by atoms with Crippen LogP contribution >= 0.6 is 0 Å². The number of halogens is 3. The summed E-state index contributed by atoms with van der Waals surface area (Å²) in [6.07, 6.45) is 0.740. The summed E-state index contributed by atoms with van der Waals surface area (Å²) in [4.78, 5) is 0. The summed E-state index contributed by atoms with van der Waals surface area (Å²) in [5.74, 6) is -2.38. The van der Waals surface area contributed by atoms with E-state index in [0.717, 1.165) is 12.0 Å². The Kier molecular flexibility index (Phi) is 3.14. The molecular formula is C15H12F3NO. The first kappa shape index (κ1) is 13.0. The van der Waals surface area contributed by atoms with Crippen molar-refractivity contribution in [1.82, 2.24) is 0 Å². The van der Waals surface area contributed by atoms with E-state index in [9.17, 15) is 13.2 Å². The molecule has 3 rings (SSSR count). The molecule has 1 aliphatic heterocycles. The van der Waals surface area contributed by atoms with Crippen molar-refractivity contribution in [2.45, 2.75) is 12.5 Å². The van der Waals surface area contributed by atoms with E-state index >= 15 is 0 Å². The van der Waals surface area contributed by atoms with Crippen LogP contribution in [0.15, 0.2) is 30.3 Å². The van der Waals surface area contributed by atoms with Gasteiger partial charge in [-0.2, -0.15) is 0 Å². The summed E-state index contributed by atoms with van der Waals surface area (Å²) in [6.45, 7) is 0.521. The Balaban J connectivity index is 2.10. The Morgan fingerprint density at radius 1 is 1.10 bits per heavy atom. The SMILES string of the molecule is NC(c1cccc2c1OCC2)c1c(F)cc(F)cc1F. The van der Waals surface area contributed by atoms with Gasteiger partial charge in [0.1, 0.15) is 23.2 Å². The topological polar surface area (TPSA) is 35.2 Å². The van der Waals surface area contributed by atoms with Crippen LogP contribution in [-0.4, -0.2) is 6.61 Å². The van der Waals surface area contributed by atoms with Gasteiger partial charge in [0.15, 0.2) is 0 Å². The van der Waals surface area contributed by atoms with E-state index in [2.05, 4.69) is 0 Å². The molecule has 1 atom stereocenters. The van der Waals surface area contributed by atoms with Gasteiger partial charge in [0.25, 0.3) is 0 Å². The van der Waals surface area contributed by atoms with Crippen molar-refractivity contribution in [2.75, 3.05) is 6.61 Å². The van der Waals surface area contributed by atoms with Crippen molar-refractivity contribution in [3.05, 3.63) is 64.5 Å². The maximum Gasteiger partial charge on any atom is 0.134 e. The normalized spacial score (nSPS) is 14.8. The van der Waals surface area contributed by atoms with Gasteiger partial charge in [0.05, 0.1) is 12.6 Å². The largest absolute Gasteiger partial charge is 0.493 e. The molecule has 1 aliphatic rings. The highest BCUT2D eigenvalue weighted by molar-refractivity contribution is 5.48. The third kappa shape index (κ3) is 2.04. The summed E-state index contributed by atoms with van der Waals surface area (Å²) in [6, 6.07) is 5.53. The van der Waals surface area contributed by atoms with E-state index in [1.54, 1.807) is 12.1 Å². The lowest BCUT2D eigenvalue weighted by molar-refractivity contribution is 0.352. The monoisotopic (exact) mass is 279 g/mol. The van der Waals surface area contributed by atoms with Crippen LogP contribution in [-0.2, 0) is 6.42 Å². The molecule has 104 valence electrons. The predicted octanol–water partition coefficient (Wildman–Crippen LogP) is 3.09. The molecule has 0 fully saturated rings. The molecule has 0 bridgehead atoms. The van der Waals surface area contributed by atoms with Crippen LogP contribution in [0.5, 0.6) is 5.75 Å². The molecule has 0 amide bonds. The van der Waals surface area contributed by atoms with Crippen molar-refractivity contribution in [1.29, 1.82) is 0 Å². The van der Waals surface area contributed by atoms with Crippen molar-refractivity contribution in [3.8, 4) is 5.75 Å². The third-order valence-electron chi connectivity index (χ3n) is 3.43. The van der Waals surface area contributed by atoms with Gasteiger partial charge in [0, 0.05) is 29.7 Å². The van der Waals surface area contributed by atoms with Crippen molar-refractivity contribution in [2.24, 2.45) is 5.73 Å². The molecule has 1 heterocycles. The van der Waals surface area contributed by atoms with Gasteiger partial charge in [-0.3, -0.25) is 0 Å². The lowest BCUT2D eigenvalue weighted by atomic mass is 9.95. The second-order valence-electron chi connectivity index (χ2n) is 4.69. The number of fused-ring (bicyclic) bond motifs is 1. The lowest BCUT2D eigenvalue weighted by Gasteiger charge is -2.17. The number of ether oxygens (including phenoxy) is 1. The minimum atomic E-state index is -1.04. The van der Waals surface area contributed by atoms with Crippen LogP contribution in [0, 0.1) is 17.5 Å². The number of nitrogens with two attached hydrogens (primary N) is 1. The second-order valence-corrected chi connectivity index (χ2v) is 4.69. The van der Waals surface area contributed by atoms with Crippen LogP contribution in [0.25, 0.3) is 0 Å². The molecule has 2 N–H and O–H groups in total. The standard InChI is InChI=1S/C15H12F3NO/c16-9-6-11(17)13(12(18)7-9)14(19)10-3-1-2-8-4-5-20-15(8)10/h1-3,6-7,14H,4-5,19H2. The third-order valence-corrected chi connectivity index (χ3v) is 3.43. The molecule has 0 spiro atoms. The zero-order chi connectivity index (χ0) is 14.3. The van der Waals surface area contributed by atoms with Crippen molar-refractivity contribution >= 4 is 0 Å². The quantitative estimate of drug-likeness (QED) is 0.917. The lowest BCUT2D eigenvalue weighted by Crippen LogP contribution is -2.17. The first-order valence-electron chi connectivity index (χ1n) is 6.22. The molecule has 2 nitrogen and oxygen atoms in total. The smallest absolute Gasteiger partial charge is 0.134 e. The molecule has 5 heteroatoms. The summed E-state index contributed by atoms with van der Waals surface area (Å²) in [7, 11) is 0. The molecule has 0 aliphatic carbocycles. The maximum absolute atomic E-state index is 13.8. The van der Waals surface area contributed by atoms with Crippen molar-refractivity contribution in [3.63, 3.8) is 0 Å². The zero-order valence-electron chi connectivity index (χ0n) is 10.5. The highest BCUT2D eigenvalue weighted by Crippen LogP contribution is 2.36. The van der Waals surface area contributed by atoms with Gasteiger partial charge >= 0.3 is 0 Å². The number of rotatable bonds is 2. The number of hydrogen-bond donors (Lipinski definition) is 1. The van der Waals surface area contributed by atoms with E-state index < -0.39 is 23.5 Å².